The fourth-order valence-corrected chi connectivity index (χ4v) is 17.6. The van der Waals surface area contributed by atoms with E-state index in [1.807, 2.05) is 0 Å². The van der Waals surface area contributed by atoms with Gasteiger partial charge in [-0.2, -0.15) is 0 Å². The Labute approximate surface area is 432 Å². The van der Waals surface area contributed by atoms with Crippen molar-refractivity contribution in [2.45, 2.75) is 241 Å². The number of fused-ring (bicyclic) bond motifs is 4. The van der Waals surface area contributed by atoms with Crippen molar-refractivity contribution in [3.63, 3.8) is 0 Å². The molecule has 0 radical (unpaired) electrons. The van der Waals surface area contributed by atoms with Gasteiger partial charge in [0.2, 0.25) is 0 Å². The van der Waals surface area contributed by atoms with Gasteiger partial charge in [0.25, 0.3) is 0 Å². The van der Waals surface area contributed by atoms with Crippen LogP contribution in [0.15, 0.2) is 0 Å². The van der Waals surface area contributed by atoms with Gasteiger partial charge in [-0.05, 0) is 91.3 Å². The highest BCUT2D eigenvalue weighted by Crippen LogP contribution is 2.80. The summed E-state index contributed by atoms with van der Waals surface area (Å²) in [6.07, 6.45) is -24.6. The van der Waals surface area contributed by atoms with Crippen LogP contribution in [0.2, 0.25) is 0 Å². The van der Waals surface area contributed by atoms with Crippen LogP contribution >= 0.6 is 0 Å². The van der Waals surface area contributed by atoms with Crippen molar-refractivity contribution in [2.75, 3.05) is 33.0 Å². The van der Waals surface area contributed by atoms with E-state index in [0.29, 0.717) is 31.8 Å². The summed E-state index contributed by atoms with van der Waals surface area (Å²) in [5.41, 5.74) is -2.22. The van der Waals surface area contributed by atoms with Crippen LogP contribution in [0.25, 0.3) is 0 Å². The molecule has 0 aromatic heterocycles. The summed E-state index contributed by atoms with van der Waals surface area (Å²) in [6.45, 7) is 14.0. The molecule has 13 N–H and O–H groups in total. The number of aliphatic hydroxyl groups excluding tert-OH is 13. The van der Waals surface area contributed by atoms with Crippen LogP contribution < -0.4 is 0 Å². The van der Waals surface area contributed by atoms with Crippen LogP contribution in [-0.2, 0) is 42.6 Å². The molecule has 426 valence electrons. The predicted octanol–water partition coefficient (Wildman–Crippen LogP) is -2.10. The topological polar surface area (TPSA) is 346 Å². The molecule has 0 aromatic carbocycles. The van der Waals surface area contributed by atoms with Gasteiger partial charge in [0, 0.05) is 11.3 Å². The van der Waals surface area contributed by atoms with Crippen molar-refractivity contribution in [2.24, 2.45) is 50.2 Å². The molecule has 29 atom stereocenters. The molecule has 5 aliphatic heterocycles. The molecule has 22 nitrogen and oxygen atoms in total. The summed E-state index contributed by atoms with van der Waals surface area (Å²) in [5, 5.41) is 142. The molecule has 0 amide bonds. The summed E-state index contributed by atoms with van der Waals surface area (Å²) in [6, 6.07) is 0. The van der Waals surface area contributed by atoms with Crippen LogP contribution in [-0.4, -0.2) is 234 Å². The third-order valence-electron chi connectivity index (χ3n) is 21.8. The van der Waals surface area contributed by atoms with Crippen LogP contribution in [0.3, 0.4) is 0 Å². The smallest absolute Gasteiger partial charge is 0.187 e. The highest BCUT2D eigenvalue weighted by atomic mass is 16.8. The maximum atomic E-state index is 12.3. The zero-order chi connectivity index (χ0) is 53.6. The Hall–Kier alpha value is -0.880. The first-order valence-electron chi connectivity index (χ1n) is 27.2. The minimum absolute atomic E-state index is 0.0544. The van der Waals surface area contributed by atoms with E-state index in [1.165, 1.54) is 0 Å². The van der Waals surface area contributed by atoms with Gasteiger partial charge in [-0.15, -0.1) is 0 Å². The molecule has 5 saturated carbocycles. The molecule has 10 rings (SSSR count). The molecule has 0 aromatic rings. The fraction of sp³-hybridized carbons (Fsp3) is 1.00. The Morgan fingerprint density at radius 1 is 0.500 bits per heavy atom. The molecular weight excluding hydrogens is 977 g/mol. The molecule has 5 aliphatic carbocycles. The molecule has 10 aliphatic rings. The first kappa shape index (κ1) is 56.4. The Kier molecular flexibility index (Phi) is 15.0. The van der Waals surface area contributed by atoms with Crippen LogP contribution in [0, 0.1) is 50.2 Å². The number of ether oxygens (including phenoxy) is 9. The second-order valence-electron chi connectivity index (χ2n) is 26.3. The highest BCUT2D eigenvalue weighted by Gasteiger charge is 2.81. The van der Waals surface area contributed by atoms with Gasteiger partial charge in [-0.25, -0.2) is 0 Å². The molecule has 74 heavy (non-hydrogen) atoms. The Balaban J connectivity index is 0.828. The minimum Gasteiger partial charge on any atom is -0.394 e. The standard InChI is InChI=1S/C52H86O22/c1-46(2)14-28-51(29(56)15-46)21-68-52(28)13-9-27-48(5)11-10-31(47(3,4)26(48)8-12-49(27,6)50(52,7)16-30(51)57)72-42-37(63)34(60)25(20-67-42)71-45-41(74-43-36(62)32(58)22(55)19-66-43)39(65)40(24(18-54)70-45)73-44-38(64)35(61)33(59)23(17-53)69-44/h22-45,53-65H,8-21H2,1-7H3/t22-,23-,24-,25+,26+,27-,28+,29+,30-,31+,32+,33-,34+,35+,36-,37-,38-,39+,40-,41-,42+,43+,44+,45+,48+,49-,50+,51-,52+/m1/s1. The van der Waals surface area contributed by atoms with E-state index in [1.54, 1.807) is 0 Å². The molecule has 5 saturated heterocycles. The second kappa shape index (κ2) is 19.7. The molecular formula is C52H86O22. The van der Waals surface area contributed by atoms with E-state index < -0.39 is 165 Å². The Morgan fingerprint density at radius 3 is 1.81 bits per heavy atom. The zero-order valence-electron chi connectivity index (χ0n) is 43.7. The minimum atomic E-state index is -1.93. The van der Waals surface area contributed by atoms with Crippen molar-refractivity contribution in [3.8, 4) is 0 Å². The van der Waals surface area contributed by atoms with Crippen molar-refractivity contribution >= 4 is 0 Å². The lowest BCUT2D eigenvalue weighted by atomic mass is 9.30. The average molecular weight is 1060 g/mol. The maximum absolute atomic E-state index is 12.3. The van der Waals surface area contributed by atoms with Crippen LogP contribution in [0.4, 0.5) is 0 Å². The highest BCUT2D eigenvalue weighted by molar-refractivity contribution is 5.29. The molecule has 2 bridgehead atoms. The first-order chi connectivity index (χ1) is 34.7. The SMILES string of the molecule is CC1(C)C[C@H](O)[C@]23CO[C@@]4(CC[C@@H]5[C@@]6(C)CC[C@H](O[C@@H]7OC[C@H](O[C@@H]8O[C@H](CO)[C@@H](O[C@@H]9O[C@H](CO)[C@@H](O)[C@H](O)[C@H]9O)[C@H](O)[C@H]8O[C@@H]8OC[C@@H](O)[C@H](O)[C@H]8O)[C@H](O)[C@H]7O)C(C)(C)[C@@H]6CC[C@@]5(C)[C@]4(C)C[C@H]2O)[C@H]3C1. The third-order valence-corrected chi connectivity index (χ3v) is 21.8. The van der Waals surface area contributed by atoms with E-state index >= 15 is 0 Å². The van der Waals surface area contributed by atoms with Crippen molar-refractivity contribution in [1.82, 2.24) is 0 Å². The molecule has 1 spiro atoms. The number of rotatable bonds is 10. The Bertz CT molecular complexity index is 2000. The van der Waals surface area contributed by atoms with Crippen molar-refractivity contribution < 1.29 is 109 Å². The van der Waals surface area contributed by atoms with Gasteiger partial charge in [0.05, 0.1) is 62.4 Å². The number of aliphatic hydroxyl groups is 13. The lowest BCUT2D eigenvalue weighted by molar-refractivity contribution is -0.394. The van der Waals surface area contributed by atoms with Gasteiger partial charge in [-0.1, -0.05) is 48.5 Å². The van der Waals surface area contributed by atoms with Gasteiger partial charge >= 0.3 is 0 Å². The molecule has 5 heterocycles. The van der Waals surface area contributed by atoms with Gasteiger partial charge in [0.1, 0.15) is 85.5 Å². The van der Waals surface area contributed by atoms with Crippen LogP contribution in [0.5, 0.6) is 0 Å². The quantitative estimate of drug-likeness (QED) is 0.104. The molecule has 10 fully saturated rings. The molecule has 22 heteroatoms. The summed E-state index contributed by atoms with van der Waals surface area (Å²) >= 11 is 0. The summed E-state index contributed by atoms with van der Waals surface area (Å²) in [5.74, 6) is 0.567. The number of hydrogen-bond acceptors (Lipinski definition) is 22. The lowest BCUT2D eigenvalue weighted by Gasteiger charge is -2.75. The van der Waals surface area contributed by atoms with E-state index in [0.717, 1.165) is 38.5 Å². The second-order valence-corrected chi connectivity index (χ2v) is 26.3. The molecule has 0 unspecified atom stereocenters. The van der Waals surface area contributed by atoms with Crippen molar-refractivity contribution in [3.05, 3.63) is 0 Å². The van der Waals surface area contributed by atoms with Crippen molar-refractivity contribution in [1.29, 1.82) is 0 Å². The van der Waals surface area contributed by atoms with Gasteiger partial charge in [-0.3, -0.25) is 0 Å². The normalized spacial score (nSPS) is 57.9. The van der Waals surface area contributed by atoms with E-state index in [-0.39, 0.29) is 40.1 Å². The third kappa shape index (κ3) is 8.31. The monoisotopic (exact) mass is 1060 g/mol. The number of hydrogen-bond donors (Lipinski definition) is 13. The largest absolute Gasteiger partial charge is 0.394 e. The van der Waals surface area contributed by atoms with Gasteiger partial charge < -0.3 is 109 Å². The van der Waals surface area contributed by atoms with E-state index in [2.05, 4.69) is 48.5 Å². The average Bonchev–Trinajstić information content (AvgIpc) is 3.63. The summed E-state index contributed by atoms with van der Waals surface area (Å²) < 4.78 is 55.0. The summed E-state index contributed by atoms with van der Waals surface area (Å²) in [4.78, 5) is 0. The van der Waals surface area contributed by atoms with Gasteiger partial charge in [0.15, 0.2) is 25.2 Å². The predicted molar refractivity (Wildman–Crippen MR) is 252 cm³/mol. The lowest BCUT2D eigenvalue weighted by Crippen LogP contribution is -2.75. The maximum Gasteiger partial charge on any atom is 0.187 e. The first-order valence-corrected chi connectivity index (χ1v) is 27.2. The fourth-order valence-electron chi connectivity index (χ4n) is 17.6. The van der Waals surface area contributed by atoms with E-state index in [9.17, 15) is 66.4 Å². The Morgan fingerprint density at radius 2 is 1.11 bits per heavy atom. The zero-order valence-corrected chi connectivity index (χ0v) is 43.7. The summed E-state index contributed by atoms with van der Waals surface area (Å²) in [7, 11) is 0. The van der Waals surface area contributed by atoms with E-state index in [4.69, 9.17) is 42.6 Å². The van der Waals surface area contributed by atoms with Crippen LogP contribution in [0.1, 0.15) is 106 Å².